The molecule has 1 fully saturated rings. The highest BCUT2D eigenvalue weighted by molar-refractivity contribution is 5.29. The average molecular weight is 247 g/mol. The highest BCUT2D eigenvalue weighted by atomic mass is 19.4. The Balaban J connectivity index is 2.23. The van der Waals surface area contributed by atoms with Crippen LogP contribution in [0.5, 0.6) is 0 Å². The van der Waals surface area contributed by atoms with Crippen LogP contribution >= 0.6 is 0 Å². The summed E-state index contributed by atoms with van der Waals surface area (Å²) in [4.78, 5) is 0. The maximum atomic E-state index is 13.0. The molecule has 0 aromatic heterocycles. The molecule has 0 heterocycles. The van der Waals surface area contributed by atoms with Gasteiger partial charge in [-0.05, 0) is 30.0 Å². The molecule has 1 aliphatic rings. The summed E-state index contributed by atoms with van der Waals surface area (Å²) in [5.41, 5.74) is 4.93. The summed E-state index contributed by atoms with van der Waals surface area (Å²) >= 11 is 0. The van der Waals surface area contributed by atoms with E-state index in [-0.39, 0.29) is 0 Å². The van der Waals surface area contributed by atoms with Crippen molar-refractivity contribution >= 4 is 0 Å². The van der Waals surface area contributed by atoms with E-state index in [1.807, 2.05) is 0 Å². The third kappa shape index (κ3) is 2.97. The Morgan fingerprint density at radius 3 is 2.47 bits per heavy atom. The minimum atomic E-state index is -4.67. The van der Waals surface area contributed by atoms with Crippen LogP contribution in [-0.2, 0) is 6.18 Å². The fourth-order valence-electron chi connectivity index (χ4n) is 1.84. The van der Waals surface area contributed by atoms with Gasteiger partial charge < -0.3 is 5.73 Å². The molecule has 0 aliphatic heterocycles. The van der Waals surface area contributed by atoms with Gasteiger partial charge in [-0.25, -0.2) is 4.39 Å². The second kappa shape index (κ2) is 4.29. The number of alkyl halides is 3. The number of halogens is 4. The maximum Gasteiger partial charge on any atom is 0.419 e. The third-order valence-corrected chi connectivity index (χ3v) is 3.01. The molecular weight excluding hydrogens is 234 g/mol. The van der Waals surface area contributed by atoms with Crippen LogP contribution in [-0.4, -0.2) is 0 Å². The van der Waals surface area contributed by atoms with Crippen molar-refractivity contribution in [1.82, 2.24) is 0 Å². The van der Waals surface area contributed by atoms with E-state index in [0.29, 0.717) is 17.9 Å². The fourth-order valence-corrected chi connectivity index (χ4v) is 1.84. The van der Waals surface area contributed by atoms with E-state index >= 15 is 0 Å². The van der Waals surface area contributed by atoms with Crippen molar-refractivity contribution < 1.29 is 17.6 Å². The Kier molecular flexibility index (Phi) is 3.12. The lowest BCUT2D eigenvalue weighted by Crippen LogP contribution is -2.14. The van der Waals surface area contributed by atoms with Gasteiger partial charge >= 0.3 is 6.18 Å². The van der Waals surface area contributed by atoms with Crippen molar-refractivity contribution in [3.05, 3.63) is 35.1 Å². The van der Waals surface area contributed by atoms with E-state index in [2.05, 4.69) is 0 Å². The van der Waals surface area contributed by atoms with Crippen molar-refractivity contribution in [2.45, 2.75) is 31.5 Å². The summed E-state index contributed by atoms with van der Waals surface area (Å²) in [5.74, 6) is -0.732. The zero-order chi connectivity index (χ0) is 12.6. The van der Waals surface area contributed by atoms with Gasteiger partial charge in [-0.2, -0.15) is 13.2 Å². The van der Waals surface area contributed by atoms with E-state index in [9.17, 15) is 17.6 Å². The summed E-state index contributed by atoms with van der Waals surface area (Å²) in [7, 11) is 0. The Morgan fingerprint density at radius 1 is 1.29 bits per heavy atom. The monoisotopic (exact) mass is 247 g/mol. The summed E-state index contributed by atoms with van der Waals surface area (Å²) < 4.78 is 50.5. The predicted octanol–water partition coefficient (Wildman–Crippen LogP) is 3.64. The van der Waals surface area contributed by atoms with E-state index in [1.165, 1.54) is 6.07 Å². The molecule has 0 saturated heterocycles. The first kappa shape index (κ1) is 12.4. The lowest BCUT2D eigenvalue weighted by molar-refractivity contribution is -0.140. The molecule has 1 aromatic rings. The van der Waals surface area contributed by atoms with Crippen LogP contribution in [0.15, 0.2) is 18.2 Å². The van der Waals surface area contributed by atoms with Gasteiger partial charge in [0.15, 0.2) is 0 Å². The highest BCUT2D eigenvalue weighted by Gasteiger charge is 2.35. The number of nitrogens with two attached hydrogens (primary N) is 1. The molecule has 0 radical (unpaired) electrons. The van der Waals surface area contributed by atoms with E-state index in [1.54, 1.807) is 0 Å². The number of hydrogen-bond acceptors (Lipinski definition) is 1. The first-order valence-corrected chi connectivity index (χ1v) is 5.50. The summed E-state index contributed by atoms with van der Waals surface area (Å²) in [6, 6.07) is 2.55. The molecule has 0 amide bonds. The molecule has 5 heteroatoms. The van der Waals surface area contributed by atoms with Crippen molar-refractivity contribution in [2.75, 3.05) is 0 Å². The molecular formula is C12H13F4N. The van der Waals surface area contributed by atoms with Gasteiger partial charge in [-0.1, -0.05) is 18.9 Å². The van der Waals surface area contributed by atoms with Crippen molar-refractivity contribution in [2.24, 2.45) is 11.7 Å². The molecule has 1 saturated carbocycles. The second-order valence-electron chi connectivity index (χ2n) is 4.52. The van der Waals surface area contributed by atoms with Crippen molar-refractivity contribution in [1.29, 1.82) is 0 Å². The number of rotatable bonds is 3. The summed E-state index contributed by atoms with van der Waals surface area (Å²) in [6.07, 6.45) is -1.83. The first-order valence-electron chi connectivity index (χ1n) is 5.50. The van der Waals surface area contributed by atoms with Gasteiger partial charge in [-0.15, -0.1) is 0 Å². The molecule has 2 rings (SSSR count). The average Bonchev–Trinajstić information content (AvgIpc) is 3.00. The predicted molar refractivity (Wildman–Crippen MR) is 55.7 cm³/mol. The number of benzene rings is 1. The largest absolute Gasteiger partial charge is 0.419 e. The minimum Gasteiger partial charge on any atom is -0.324 e. The first-order chi connectivity index (χ1) is 7.88. The minimum absolute atomic E-state index is 0.352. The zero-order valence-corrected chi connectivity index (χ0v) is 9.10. The Hall–Kier alpha value is -1.10. The van der Waals surface area contributed by atoms with Crippen LogP contribution in [0.1, 0.15) is 36.4 Å². The molecule has 94 valence electrons. The van der Waals surface area contributed by atoms with E-state index in [4.69, 9.17) is 5.73 Å². The molecule has 0 bridgehead atoms. The smallest absolute Gasteiger partial charge is 0.324 e. The van der Waals surface area contributed by atoms with Crippen LogP contribution in [0.2, 0.25) is 0 Å². The van der Waals surface area contributed by atoms with Crippen LogP contribution in [0.3, 0.4) is 0 Å². The van der Waals surface area contributed by atoms with Crippen molar-refractivity contribution in [3.63, 3.8) is 0 Å². The Morgan fingerprint density at radius 2 is 1.94 bits per heavy atom. The van der Waals surface area contributed by atoms with Gasteiger partial charge in [0.2, 0.25) is 0 Å². The molecule has 1 atom stereocenters. The molecule has 1 aromatic carbocycles. The van der Waals surface area contributed by atoms with E-state index < -0.39 is 23.6 Å². The fraction of sp³-hybridized carbons (Fsp3) is 0.500. The van der Waals surface area contributed by atoms with E-state index in [0.717, 1.165) is 25.0 Å². The summed E-state index contributed by atoms with van der Waals surface area (Å²) in [6.45, 7) is 0. The topological polar surface area (TPSA) is 26.0 Å². The lowest BCUT2D eigenvalue weighted by atomic mass is 9.99. The molecule has 1 aliphatic carbocycles. The standard InChI is InChI=1S/C12H13F4N/c13-10-4-3-8(6-9(10)12(14,15)16)11(17)5-7-1-2-7/h3-4,6-7,11H,1-2,5,17H2/t11-/m0/s1. The molecule has 0 unspecified atom stereocenters. The Bertz CT molecular complexity index is 409. The van der Waals surface area contributed by atoms with Gasteiger partial charge in [0, 0.05) is 6.04 Å². The highest BCUT2D eigenvalue weighted by Crippen LogP contribution is 2.38. The molecule has 0 spiro atoms. The van der Waals surface area contributed by atoms with Crippen LogP contribution < -0.4 is 5.73 Å². The van der Waals surface area contributed by atoms with Crippen molar-refractivity contribution in [3.8, 4) is 0 Å². The van der Waals surface area contributed by atoms with Gasteiger partial charge in [0.1, 0.15) is 5.82 Å². The normalized spacial score (nSPS) is 18.2. The van der Waals surface area contributed by atoms with Crippen LogP contribution in [0.4, 0.5) is 17.6 Å². The lowest BCUT2D eigenvalue weighted by Gasteiger charge is -2.14. The zero-order valence-electron chi connectivity index (χ0n) is 9.10. The maximum absolute atomic E-state index is 13.0. The van der Waals surface area contributed by atoms with Gasteiger partial charge in [0.25, 0.3) is 0 Å². The Labute approximate surface area is 96.6 Å². The summed E-state index contributed by atoms with van der Waals surface area (Å²) in [5, 5.41) is 0. The number of hydrogen-bond donors (Lipinski definition) is 1. The molecule has 2 N–H and O–H groups in total. The second-order valence-corrected chi connectivity index (χ2v) is 4.52. The van der Waals surface area contributed by atoms with Gasteiger partial charge in [0.05, 0.1) is 5.56 Å². The molecule has 17 heavy (non-hydrogen) atoms. The van der Waals surface area contributed by atoms with Gasteiger partial charge in [-0.3, -0.25) is 0 Å². The van der Waals surface area contributed by atoms with Crippen LogP contribution in [0, 0.1) is 11.7 Å². The quantitative estimate of drug-likeness (QED) is 0.811. The molecule has 1 nitrogen and oxygen atoms in total. The SMILES string of the molecule is N[C@@H](CC1CC1)c1ccc(F)c(C(F)(F)F)c1. The third-order valence-electron chi connectivity index (χ3n) is 3.01. The van der Waals surface area contributed by atoms with Crippen LogP contribution in [0.25, 0.3) is 0 Å².